The first kappa shape index (κ1) is 21.9. The fourth-order valence-corrected chi connectivity index (χ4v) is 5.04. The summed E-state index contributed by atoms with van der Waals surface area (Å²) in [7, 11) is -0.0131. The van der Waals surface area contributed by atoms with Gasteiger partial charge in [-0.1, -0.05) is 0 Å². The average Bonchev–Trinajstić information content (AvgIpc) is 2.60. The Labute approximate surface area is 162 Å². The van der Waals surface area contributed by atoms with Crippen molar-refractivity contribution in [1.82, 2.24) is 19.4 Å². The number of sulfonamides is 1. The van der Waals surface area contributed by atoms with Crippen molar-refractivity contribution in [2.24, 2.45) is 5.92 Å². The molecule has 0 aromatic heterocycles. The molecule has 156 valence electrons. The van der Waals surface area contributed by atoms with Crippen LogP contribution in [-0.4, -0.2) is 99.2 Å². The number of rotatable bonds is 5. The smallest absolute Gasteiger partial charge is 0.319 e. The zero-order chi connectivity index (χ0) is 20.2. The predicted molar refractivity (Wildman–Crippen MR) is 102 cm³/mol. The maximum atomic E-state index is 12.5. The lowest BCUT2D eigenvalue weighted by molar-refractivity contribution is -0.126. The van der Waals surface area contributed by atoms with Crippen molar-refractivity contribution in [3.05, 3.63) is 0 Å². The number of nitrogens with one attached hydrogen (secondary N) is 1. The molecule has 2 rings (SSSR count). The van der Waals surface area contributed by atoms with Crippen LogP contribution in [0.25, 0.3) is 0 Å². The third-order valence-corrected chi connectivity index (χ3v) is 6.76. The molecule has 2 unspecified atom stereocenters. The number of likely N-dealkylation sites (tertiary alicyclic amines) is 1. The summed E-state index contributed by atoms with van der Waals surface area (Å²) in [6, 6.07) is -0.0473. The van der Waals surface area contributed by atoms with Gasteiger partial charge in [-0.05, 0) is 26.7 Å². The molecule has 9 nitrogen and oxygen atoms in total. The van der Waals surface area contributed by atoms with Crippen LogP contribution in [0.3, 0.4) is 0 Å². The van der Waals surface area contributed by atoms with Crippen LogP contribution >= 0.6 is 0 Å². The summed E-state index contributed by atoms with van der Waals surface area (Å²) in [5.41, 5.74) is 0. The van der Waals surface area contributed by atoms with E-state index in [9.17, 15) is 18.0 Å². The normalized spacial score (nSPS) is 25.3. The lowest BCUT2D eigenvalue weighted by atomic mass is 9.96. The number of ether oxygens (including phenoxy) is 1. The van der Waals surface area contributed by atoms with E-state index in [1.807, 2.05) is 13.8 Å². The van der Waals surface area contributed by atoms with Crippen molar-refractivity contribution in [1.29, 1.82) is 0 Å². The van der Waals surface area contributed by atoms with Crippen molar-refractivity contribution < 1.29 is 22.7 Å². The van der Waals surface area contributed by atoms with Crippen molar-refractivity contribution >= 4 is 22.0 Å². The van der Waals surface area contributed by atoms with Crippen molar-refractivity contribution in [2.45, 2.75) is 38.9 Å². The SMILES string of the molecule is CC1CN(S(=O)(=O)CCNC(=O)C2CCN(C(=O)N(C)C)CC2)CC(C)O1. The van der Waals surface area contributed by atoms with Crippen LogP contribution < -0.4 is 5.32 Å². The highest BCUT2D eigenvalue weighted by Gasteiger charge is 2.31. The molecule has 1 N–H and O–H groups in total. The summed E-state index contributed by atoms with van der Waals surface area (Å²) in [6.45, 7) is 5.57. The summed E-state index contributed by atoms with van der Waals surface area (Å²) in [6.07, 6.45) is 0.925. The van der Waals surface area contributed by atoms with Crippen LogP contribution in [0.1, 0.15) is 26.7 Å². The Morgan fingerprint density at radius 1 is 1.11 bits per heavy atom. The quantitative estimate of drug-likeness (QED) is 0.692. The molecule has 0 aromatic rings. The van der Waals surface area contributed by atoms with Crippen LogP contribution in [0.15, 0.2) is 0 Å². The Bertz CT molecular complexity index is 621. The van der Waals surface area contributed by atoms with E-state index < -0.39 is 10.0 Å². The molecular formula is C17H32N4O5S. The number of morpholine rings is 1. The molecule has 2 fully saturated rings. The fourth-order valence-electron chi connectivity index (χ4n) is 3.55. The number of urea groups is 1. The number of carbonyl (C=O) groups is 2. The van der Waals surface area contributed by atoms with Crippen molar-refractivity contribution in [3.63, 3.8) is 0 Å². The summed E-state index contributed by atoms with van der Waals surface area (Å²) in [4.78, 5) is 27.5. The van der Waals surface area contributed by atoms with Gasteiger partial charge in [0.2, 0.25) is 15.9 Å². The van der Waals surface area contributed by atoms with Gasteiger partial charge in [-0.3, -0.25) is 4.79 Å². The highest BCUT2D eigenvalue weighted by Crippen LogP contribution is 2.18. The van der Waals surface area contributed by atoms with Gasteiger partial charge in [0.25, 0.3) is 0 Å². The van der Waals surface area contributed by atoms with Gasteiger partial charge in [-0.2, -0.15) is 4.31 Å². The highest BCUT2D eigenvalue weighted by atomic mass is 32.2. The van der Waals surface area contributed by atoms with E-state index in [-0.39, 0.29) is 42.4 Å². The Morgan fingerprint density at radius 2 is 1.67 bits per heavy atom. The molecule has 0 bridgehead atoms. The fraction of sp³-hybridized carbons (Fsp3) is 0.882. The molecular weight excluding hydrogens is 372 g/mol. The third kappa shape index (κ3) is 6.05. The summed E-state index contributed by atoms with van der Waals surface area (Å²) in [5, 5.41) is 2.75. The van der Waals surface area contributed by atoms with Crippen molar-refractivity contribution in [3.8, 4) is 0 Å². The zero-order valence-corrected chi connectivity index (χ0v) is 17.5. The number of piperidine rings is 1. The van der Waals surface area contributed by atoms with Crippen LogP contribution in [0.2, 0.25) is 0 Å². The number of hydrogen-bond acceptors (Lipinski definition) is 5. The van der Waals surface area contributed by atoms with E-state index in [2.05, 4.69) is 5.32 Å². The summed E-state index contributed by atoms with van der Waals surface area (Å²) in [5.74, 6) is -0.427. The Hall–Kier alpha value is -1.39. The lowest BCUT2D eigenvalue weighted by Gasteiger charge is -2.34. The molecule has 10 heteroatoms. The van der Waals surface area contributed by atoms with Gasteiger partial charge in [-0.15, -0.1) is 0 Å². The number of amides is 3. The van der Waals surface area contributed by atoms with E-state index in [0.29, 0.717) is 39.0 Å². The second-order valence-corrected chi connectivity index (χ2v) is 9.71. The van der Waals surface area contributed by atoms with E-state index in [1.165, 1.54) is 9.21 Å². The van der Waals surface area contributed by atoms with Crippen LogP contribution in [-0.2, 0) is 19.6 Å². The van der Waals surface area contributed by atoms with E-state index >= 15 is 0 Å². The average molecular weight is 405 g/mol. The standard InChI is InChI=1S/C17H32N4O5S/c1-13-11-21(12-14(2)26-13)27(24,25)10-7-18-16(22)15-5-8-20(9-6-15)17(23)19(3)4/h13-15H,5-12H2,1-4H3,(H,18,22). The molecule has 27 heavy (non-hydrogen) atoms. The van der Waals surface area contributed by atoms with Gasteiger partial charge in [-0.25, -0.2) is 13.2 Å². The van der Waals surface area contributed by atoms with E-state index in [1.54, 1.807) is 19.0 Å². The molecule has 2 saturated heterocycles. The maximum absolute atomic E-state index is 12.5. The van der Waals surface area contributed by atoms with Gasteiger partial charge in [0.1, 0.15) is 0 Å². The van der Waals surface area contributed by atoms with Gasteiger partial charge >= 0.3 is 6.03 Å². The zero-order valence-electron chi connectivity index (χ0n) is 16.7. The van der Waals surface area contributed by atoms with Crippen LogP contribution in [0.5, 0.6) is 0 Å². The van der Waals surface area contributed by atoms with E-state index in [4.69, 9.17) is 4.74 Å². The second-order valence-electron chi connectivity index (χ2n) is 7.62. The van der Waals surface area contributed by atoms with Gasteiger partial charge in [0, 0.05) is 52.7 Å². The maximum Gasteiger partial charge on any atom is 0.319 e. The Balaban J connectivity index is 1.75. The molecule has 2 atom stereocenters. The number of nitrogens with zero attached hydrogens (tertiary/aromatic N) is 3. The minimum atomic E-state index is -3.42. The molecule has 0 saturated carbocycles. The minimum Gasteiger partial charge on any atom is -0.373 e. The molecule has 0 aromatic carbocycles. The topological polar surface area (TPSA) is 99.3 Å². The van der Waals surface area contributed by atoms with Gasteiger partial charge in [0.05, 0.1) is 18.0 Å². The monoisotopic (exact) mass is 404 g/mol. The van der Waals surface area contributed by atoms with Gasteiger partial charge < -0.3 is 19.9 Å². The Morgan fingerprint density at radius 3 is 2.19 bits per heavy atom. The number of hydrogen-bond donors (Lipinski definition) is 1. The molecule has 0 spiro atoms. The van der Waals surface area contributed by atoms with Gasteiger partial charge in [0.15, 0.2) is 0 Å². The van der Waals surface area contributed by atoms with Crippen LogP contribution in [0, 0.1) is 5.92 Å². The molecule has 2 aliphatic rings. The largest absolute Gasteiger partial charge is 0.373 e. The molecule has 3 amide bonds. The van der Waals surface area contributed by atoms with E-state index in [0.717, 1.165) is 0 Å². The minimum absolute atomic E-state index is 0.0473. The lowest BCUT2D eigenvalue weighted by Crippen LogP contribution is -2.50. The predicted octanol–water partition coefficient (Wildman–Crippen LogP) is -0.0648. The first-order valence-corrected chi connectivity index (χ1v) is 11.1. The molecule has 2 aliphatic heterocycles. The number of carbonyl (C=O) groups excluding carboxylic acids is 2. The summed E-state index contributed by atoms with van der Waals surface area (Å²) < 4.78 is 32.0. The second kappa shape index (κ2) is 9.20. The van der Waals surface area contributed by atoms with Crippen molar-refractivity contribution in [2.75, 3.05) is 52.6 Å². The molecule has 0 aliphatic carbocycles. The Kier molecular flexibility index (Phi) is 7.47. The highest BCUT2D eigenvalue weighted by molar-refractivity contribution is 7.89. The third-order valence-electron chi connectivity index (χ3n) is 4.96. The van der Waals surface area contributed by atoms with Crippen LogP contribution in [0.4, 0.5) is 4.79 Å². The summed E-state index contributed by atoms with van der Waals surface area (Å²) >= 11 is 0. The first-order chi connectivity index (χ1) is 12.6. The molecule has 2 heterocycles. The molecule has 0 radical (unpaired) electrons. The first-order valence-electron chi connectivity index (χ1n) is 9.47.